The van der Waals surface area contributed by atoms with E-state index in [4.69, 9.17) is 9.15 Å². The molecular weight excluding hydrogens is 552 g/mol. The van der Waals surface area contributed by atoms with Gasteiger partial charge in [0.1, 0.15) is 40.1 Å². The number of hydrogen-bond acceptors (Lipinski definition) is 9. The Bertz CT molecular complexity index is 1800. The summed E-state index contributed by atoms with van der Waals surface area (Å²) < 4.78 is 12.3. The lowest BCUT2D eigenvalue weighted by atomic mass is 9.77. The number of aliphatic hydroxyl groups is 2. The molecule has 224 valence electrons. The predicted octanol–water partition coefficient (Wildman–Crippen LogP) is 4.53. The van der Waals surface area contributed by atoms with Gasteiger partial charge >= 0.3 is 0 Å². The summed E-state index contributed by atoms with van der Waals surface area (Å²) in [4.78, 5) is 13.8. The van der Waals surface area contributed by atoms with Crippen LogP contribution >= 0.6 is 0 Å². The topological polar surface area (TPSA) is 161 Å². The van der Waals surface area contributed by atoms with E-state index in [1.807, 2.05) is 19.9 Å². The van der Waals surface area contributed by atoms with Crippen molar-refractivity contribution in [3.05, 3.63) is 87.1 Å². The van der Waals surface area contributed by atoms with Gasteiger partial charge in [-0.2, -0.15) is 0 Å². The predicted molar refractivity (Wildman–Crippen MR) is 160 cm³/mol. The van der Waals surface area contributed by atoms with E-state index in [1.165, 1.54) is 6.07 Å². The van der Waals surface area contributed by atoms with Crippen LogP contribution in [0.3, 0.4) is 0 Å². The van der Waals surface area contributed by atoms with Gasteiger partial charge in [-0.1, -0.05) is 38.1 Å². The van der Waals surface area contributed by atoms with E-state index in [1.54, 1.807) is 42.5 Å². The molecule has 4 aromatic rings. The number of ether oxygens (including phenoxy) is 1. The molecule has 9 nitrogen and oxygen atoms in total. The number of phenolic OH excluding ortho intramolecular Hbond substituents is 3. The lowest BCUT2D eigenvalue weighted by Gasteiger charge is -2.40. The summed E-state index contributed by atoms with van der Waals surface area (Å²) in [5.41, 5.74) is 1.85. The van der Waals surface area contributed by atoms with Crippen molar-refractivity contribution in [3.63, 3.8) is 0 Å². The van der Waals surface area contributed by atoms with Gasteiger partial charge in [0.2, 0.25) is 11.2 Å². The van der Waals surface area contributed by atoms with Gasteiger partial charge in [0.25, 0.3) is 0 Å². The molecule has 6 N–H and O–H groups in total. The van der Waals surface area contributed by atoms with Crippen LogP contribution < -0.4 is 10.2 Å². The second kappa shape index (κ2) is 11.0. The highest BCUT2D eigenvalue weighted by Crippen LogP contribution is 2.46. The minimum atomic E-state index is -0.934. The van der Waals surface area contributed by atoms with Crippen molar-refractivity contribution < 1.29 is 39.8 Å². The summed E-state index contributed by atoms with van der Waals surface area (Å²) in [5, 5.41) is 63.6. The molecule has 43 heavy (non-hydrogen) atoms. The molecule has 2 aliphatic rings. The number of hydrogen-bond donors (Lipinski definition) is 6. The largest absolute Gasteiger partial charge is 0.508 e. The van der Waals surface area contributed by atoms with E-state index in [9.17, 15) is 35.4 Å². The summed E-state index contributed by atoms with van der Waals surface area (Å²) in [6, 6.07) is 11.3. The number of aromatic hydroxyl groups is 4. The molecule has 0 saturated carbocycles. The van der Waals surface area contributed by atoms with Crippen molar-refractivity contribution >= 4 is 11.0 Å². The Morgan fingerprint density at radius 2 is 1.74 bits per heavy atom. The minimum absolute atomic E-state index is 0.00651. The van der Waals surface area contributed by atoms with Gasteiger partial charge in [-0.3, -0.25) is 4.79 Å². The third-order valence-corrected chi connectivity index (χ3v) is 8.40. The standard InChI is InChI=1S/C34H34O9/c1-16(2)8-19-11-21(12-20(29(19)39)9-17-4-3-5-22(36)10-17)33-31(41)30(40)28-27(42-33)14-26(38)23-13-18-6-7-25(37)24(15-35)32(18)43-34(23)28/h3-7,10-12,14,16,18,24-25,32,35-39,41H,8-9,13,15H2,1-2H3/t18-,24-,25+,32-/m1/s1. The molecule has 1 aliphatic carbocycles. The molecule has 0 saturated heterocycles. The van der Waals surface area contributed by atoms with Gasteiger partial charge in [-0.05, 0) is 59.7 Å². The van der Waals surface area contributed by atoms with Gasteiger partial charge in [-0.15, -0.1) is 0 Å². The highest BCUT2D eigenvalue weighted by atomic mass is 16.5. The molecule has 1 aromatic heterocycles. The molecule has 0 fully saturated rings. The lowest BCUT2D eigenvalue weighted by molar-refractivity contribution is -0.0183. The van der Waals surface area contributed by atoms with Crippen LogP contribution in [-0.2, 0) is 19.3 Å². The lowest BCUT2D eigenvalue weighted by Crippen LogP contribution is -2.47. The van der Waals surface area contributed by atoms with Crippen molar-refractivity contribution in [1.82, 2.24) is 0 Å². The van der Waals surface area contributed by atoms with Crippen molar-refractivity contribution in [2.45, 2.75) is 45.3 Å². The normalized spacial score (nSPS) is 21.0. The Hall–Kier alpha value is -4.47. The van der Waals surface area contributed by atoms with E-state index in [0.717, 1.165) is 5.56 Å². The van der Waals surface area contributed by atoms with Crippen molar-refractivity contribution in [1.29, 1.82) is 0 Å². The third kappa shape index (κ3) is 5.08. The molecule has 6 rings (SSSR count). The maximum absolute atomic E-state index is 13.8. The molecule has 9 heteroatoms. The maximum Gasteiger partial charge on any atom is 0.238 e. The minimum Gasteiger partial charge on any atom is -0.508 e. The van der Waals surface area contributed by atoms with Crippen molar-refractivity contribution in [2.24, 2.45) is 17.8 Å². The summed E-state index contributed by atoms with van der Waals surface area (Å²) >= 11 is 0. The Kier molecular flexibility index (Phi) is 7.31. The molecular formula is C34H34O9. The summed E-state index contributed by atoms with van der Waals surface area (Å²) in [6.07, 6.45) is 2.89. The van der Waals surface area contributed by atoms with E-state index >= 15 is 0 Å². The average Bonchev–Trinajstić information content (AvgIpc) is 2.96. The third-order valence-electron chi connectivity index (χ3n) is 8.40. The summed E-state index contributed by atoms with van der Waals surface area (Å²) in [6.45, 7) is 3.67. The molecule has 0 radical (unpaired) electrons. The maximum atomic E-state index is 13.8. The van der Waals surface area contributed by atoms with Gasteiger partial charge < -0.3 is 39.8 Å². The van der Waals surface area contributed by atoms with Crippen LogP contribution in [-0.4, -0.2) is 49.5 Å². The highest BCUT2D eigenvalue weighted by molar-refractivity contribution is 5.90. The smallest absolute Gasteiger partial charge is 0.238 e. The fourth-order valence-electron chi connectivity index (χ4n) is 6.33. The fourth-order valence-corrected chi connectivity index (χ4v) is 6.33. The van der Waals surface area contributed by atoms with Crippen molar-refractivity contribution in [2.75, 3.05) is 6.61 Å². The molecule has 0 bridgehead atoms. The number of rotatable bonds is 6. The number of phenols is 3. The number of aliphatic hydroxyl groups excluding tert-OH is 2. The van der Waals surface area contributed by atoms with Crippen LogP contribution in [0.5, 0.6) is 28.7 Å². The number of benzene rings is 3. The van der Waals surface area contributed by atoms with Crippen LogP contribution in [0.15, 0.2) is 63.8 Å². The Morgan fingerprint density at radius 1 is 0.977 bits per heavy atom. The molecule has 1 aliphatic heterocycles. The van der Waals surface area contributed by atoms with E-state index < -0.39 is 29.3 Å². The Balaban J connectivity index is 1.50. The first kappa shape index (κ1) is 28.6. The summed E-state index contributed by atoms with van der Waals surface area (Å²) in [5.74, 6) is -1.38. The van der Waals surface area contributed by atoms with Crippen LogP contribution in [0.4, 0.5) is 0 Å². The molecule has 0 amide bonds. The summed E-state index contributed by atoms with van der Waals surface area (Å²) in [7, 11) is 0. The first-order chi connectivity index (χ1) is 20.5. The zero-order valence-electron chi connectivity index (χ0n) is 23.8. The average molecular weight is 587 g/mol. The first-order valence-electron chi connectivity index (χ1n) is 14.4. The molecule has 3 aromatic carbocycles. The highest BCUT2D eigenvalue weighted by Gasteiger charge is 2.42. The molecule has 0 unspecified atom stereocenters. The zero-order valence-corrected chi connectivity index (χ0v) is 23.8. The molecule has 0 spiro atoms. The number of fused-ring (bicyclic) bond motifs is 4. The van der Waals surface area contributed by atoms with Crippen molar-refractivity contribution in [3.8, 4) is 40.1 Å². The van der Waals surface area contributed by atoms with E-state index in [2.05, 4.69) is 0 Å². The van der Waals surface area contributed by atoms with E-state index in [0.29, 0.717) is 35.1 Å². The molecule has 2 heterocycles. The van der Waals surface area contributed by atoms with Gasteiger partial charge in [0.15, 0.2) is 5.76 Å². The van der Waals surface area contributed by atoms with E-state index in [-0.39, 0.29) is 64.6 Å². The van der Waals surface area contributed by atoms with Crippen LogP contribution in [0, 0.1) is 17.8 Å². The first-order valence-corrected chi connectivity index (χ1v) is 14.4. The Labute approximate surface area is 247 Å². The zero-order chi connectivity index (χ0) is 30.6. The molecule has 4 atom stereocenters. The van der Waals surface area contributed by atoms with Gasteiger partial charge in [0.05, 0.1) is 12.7 Å². The SMILES string of the molecule is CC(C)Cc1cc(-c2oc3cc(O)c4c(c3c(=O)c2O)O[C@H]2[C@H](CO)[C@@H](O)C=C[C@@H]2C4)cc(Cc2cccc(O)c2)c1O. The second-order valence-electron chi connectivity index (χ2n) is 11.9. The van der Waals surface area contributed by atoms with Gasteiger partial charge in [0, 0.05) is 35.4 Å². The Morgan fingerprint density at radius 3 is 2.47 bits per heavy atom. The monoisotopic (exact) mass is 586 g/mol. The fraction of sp³-hybridized carbons (Fsp3) is 0.324. The van der Waals surface area contributed by atoms with Crippen LogP contribution in [0.1, 0.15) is 36.1 Å². The quantitative estimate of drug-likeness (QED) is 0.178. The van der Waals surface area contributed by atoms with Crippen LogP contribution in [0.25, 0.3) is 22.3 Å². The van der Waals surface area contributed by atoms with Gasteiger partial charge in [-0.25, -0.2) is 0 Å². The van der Waals surface area contributed by atoms with Crippen LogP contribution in [0.2, 0.25) is 0 Å². The second-order valence-corrected chi connectivity index (χ2v) is 11.9.